The molecule has 0 aromatic heterocycles. The minimum Gasteiger partial charge on any atom is -0.445 e. The summed E-state index contributed by atoms with van der Waals surface area (Å²) in [7, 11) is 0. The largest absolute Gasteiger partial charge is 0.445 e. The molecule has 0 saturated heterocycles. The third-order valence-electron chi connectivity index (χ3n) is 2.65. The highest BCUT2D eigenvalue weighted by atomic mass is 32.2. The first kappa shape index (κ1) is 13.7. The lowest BCUT2D eigenvalue weighted by Crippen LogP contribution is -2.17. The van der Waals surface area contributed by atoms with Crippen molar-refractivity contribution in [2.75, 3.05) is 11.6 Å². The van der Waals surface area contributed by atoms with Crippen LogP contribution in [0.3, 0.4) is 0 Å². The lowest BCUT2D eigenvalue weighted by molar-refractivity contribution is -0.116. The van der Waals surface area contributed by atoms with E-state index in [2.05, 4.69) is 15.8 Å². The summed E-state index contributed by atoms with van der Waals surface area (Å²) in [6, 6.07) is 7.71. The fraction of sp³-hybridized carbons (Fsp3) is 0.385. The first-order valence-corrected chi connectivity index (χ1v) is 7.34. The molecule has 1 aromatic rings. The van der Waals surface area contributed by atoms with E-state index in [-0.39, 0.29) is 11.5 Å². The van der Waals surface area contributed by atoms with Crippen LogP contribution < -0.4 is 10.7 Å². The van der Waals surface area contributed by atoms with Crippen LogP contribution in [-0.4, -0.2) is 23.6 Å². The number of hydrogen-bond donors (Lipinski definition) is 2. The van der Waals surface area contributed by atoms with E-state index in [1.165, 1.54) is 17.3 Å². The van der Waals surface area contributed by atoms with Gasteiger partial charge >= 0.3 is 0 Å². The molecule has 0 bridgehead atoms. The Bertz CT molecular complexity index is 473. The normalized spacial score (nSPS) is 17.4. The van der Waals surface area contributed by atoms with E-state index in [1.54, 1.807) is 0 Å². The van der Waals surface area contributed by atoms with Gasteiger partial charge in [-0.3, -0.25) is 10.2 Å². The molecule has 1 aromatic carbocycles. The van der Waals surface area contributed by atoms with Crippen LogP contribution in [0.1, 0.15) is 18.4 Å². The minimum atomic E-state index is -0.129. The van der Waals surface area contributed by atoms with E-state index in [0.29, 0.717) is 18.7 Å². The Morgan fingerprint density at radius 1 is 1.47 bits per heavy atom. The summed E-state index contributed by atoms with van der Waals surface area (Å²) in [5.74, 6) is 0.543. The summed E-state index contributed by atoms with van der Waals surface area (Å²) >= 11 is 1.53. The molecule has 1 aliphatic rings. The zero-order valence-electron chi connectivity index (χ0n) is 11.0. The van der Waals surface area contributed by atoms with E-state index in [9.17, 15) is 4.79 Å². The number of carbonyl (C=O) groups is 1. The van der Waals surface area contributed by atoms with E-state index < -0.39 is 0 Å². The predicted molar refractivity (Wildman–Crippen MR) is 78.0 cm³/mol. The lowest BCUT2D eigenvalue weighted by atomic mass is 10.2. The van der Waals surface area contributed by atoms with Gasteiger partial charge in [0.2, 0.25) is 17.4 Å². The highest BCUT2D eigenvalue weighted by molar-refractivity contribution is 7.99. The Hall–Kier alpha value is -1.69. The Kier molecular flexibility index (Phi) is 4.68. The lowest BCUT2D eigenvalue weighted by Gasteiger charge is -2.07. The average Bonchev–Trinajstić information content (AvgIpc) is 2.87. The summed E-state index contributed by atoms with van der Waals surface area (Å²) in [6.45, 7) is 2.01. The van der Waals surface area contributed by atoms with Crippen LogP contribution in [0, 0.1) is 6.92 Å². The summed E-state index contributed by atoms with van der Waals surface area (Å²) in [4.78, 5) is 11.8. The van der Waals surface area contributed by atoms with E-state index in [0.717, 1.165) is 5.69 Å². The number of hydrazone groups is 1. The number of anilines is 1. The molecule has 1 amide bonds. The zero-order valence-corrected chi connectivity index (χ0v) is 11.8. The van der Waals surface area contributed by atoms with Crippen LogP contribution in [0.4, 0.5) is 5.69 Å². The van der Waals surface area contributed by atoms with Crippen molar-refractivity contribution in [2.45, 2.75) is 25.3 Å². The van der Waals surface area contributed by atoms with Crippen molar-refractivity contribution < 1.29 is 9.53 Å². The molecule has 0 spiro atoms. The molecule has 1 atom stereocenters. The SMILES string of the molecule is CS[C@@H]1NN=C(CCC(=O)Nc2ccc(C)cc2)O1. The second kappa shape index (κ2) is 6.47. The molecule has 102 valence electrons. The number of amides is 1. The maximum absolute atomic E-state index is 11.8. The Morgan fingerprint density at radius 2 is 2.21 bits per heavy atom. The molecular formula is C13H17N3O2S. The molecule has 5 nitrogen and oxygen atoms in total. The predicted octanol–water partition coefficient (Wildman–Crippen LogP) is 2.29. The van der Waals surface area contributed by atoms with Gasteiger partial charge in [0.05, 0.1) is 0 Å². The number of ether oxygens (including phenoxy) is 1. The third-order valence-corrected chi connectivity index (χ3v) is 3.28. The molecule has 6 heteroatoms. The van der Waals surface area contributed by atoms with E-state index in [1.807, 2.05) is 37.4 Å². The van der Waals surface area contributed by atoms with Gasteiger partial charge < -0.3 is 10.1 Å². The number of hydrogen-bond acceptors (Lipinski definition) is 5. The highest BCUT2D eigenvalue weighted by Gasteiger charge is 2.18. The fourth-order valence-corrected chi connectivity index (χ4v) is 1.96. The van der Waals surface area contributed by atoms with Crippen LogP contribution in [0.25, 0.3) is 0 Å². The molecular weight excluding hydrogens is 262 g/mol. The monoisotopic (exact) mass is 279 g/mol. The van der Waals surface area contributed by atoms with Crippen LogP contribution in [0.2, 0.25) is 0 Å². The topological polar surface area (TPSA) is 62.7 Å². The average molecular weight is 279 g/mol. The van der Waals surface area contributed by atoms with Gasteiger partial charge in [0.1, 0.15) is 0 Å². The van der Waals surface area contributed by atoms with Gasteiger partial charge in [-0.25, -0.2) is 0 Å². The number of nitrogens with zero attached hydrogens (tertiary/aromatic N) is 1. The van der Waals surface area contributed by atoms with Crippen molar-refractivity contribution in [2.24, 2.45) is 5.10 Å². The number of carbonyl (C=O) groups excluding carboxylic acids is 1. The molecule has 19 heavy (non-hydrogen) atoms. The zero-order chi connectivity index (χ0) is 13.7. The number of rotatable bonds is 5. The summed E-state index contributed by atoms with van der Waals surface area (Å²) in [5.41, 5.74) is 4.68. The van der Waals surface area contributed by atoms with Gasteiger partial charge in [-0.1, -0.05) is 29.5 Å². The van der Waals surface area contributed by atoms with Gasteiger partial charge in [-0.2, -0.15) is 0 Å². The first-order chi connectivity index (χ1) is 9.17. The van der Waals surface area contributed by atoms with Gasteiger partial charge in [0, 0.05) is 18.5 Å². The quantitative estimate of drug-likeness (QED) is 0.868. The molecule has 2 N–H and O–H groups in total. The van der Waals surface area contributed by atoms with Crippen molar-refractivity contribution in [3.8, 4) is 0 Å². The number of aryl methyl sites for hydroxylation is 1. The molecule has 0 aliphatic carbocycles. The highest BCUT2D eigenvalue weighted by Crippen LogP contribution is 2.14. The van der Waals surface area contributed by atoms with Gasteiger partial charge in [0.15, 0.2) is 0 Å². The first-order valence-electron chi connectivity index (χ1n) is 6.05. The van der Waals surface area contributed by atoms with Crippen LogP contribution in [0.5, 0.6) is 0 Å². The number of thioether (sulfide) groups is 1. The molecule has 0 unspecified atom stereocenters. The van der Waals surface area contributed by atoms with Crippen molar-refractivity contribution in [1.82, 2.24) is 5.43 Å². The van der Waals surface area contributed by atoms with Crippen molar-refractivity contribution in [3.63, 3.8) is 0 Å². The van der Waals surface area contributed by atoms with Crippen LogP contribution >= 0.6 is 11.8 Å². The molecule has 1 heterocycles. The molecule has 2 rings (SSSR count). The van der Waals surface area contributed by atoms with Gasteiger partial charge in [-0.05, 0) is 25.3 Å². The summed E-state index contributed by atoms with van der Waals surface area (Å²) < 4.78 is 5.45. The molecule has 1 aliphatic heterocycles. The second-order valence-electron chi connectivity index (χ2n) is 4.23. The molecule has 0 radical (unpaired) electrons. The summed E-state index contributed by atoms with van der Waals surface area (Å²) in [6.07, 6.45) is 2.79. The molecule has 0 fully saturated rings. The van der Waals surface area contributed by atoms with Crippen LogP contribution in [-0.2, 0) is 9.53 Å². The van der Waals surface area contributed by atoms with E-state index in [4.69, 9.17) is 4.74 Å². The van der Waals surface area contributed by atoms with Crippen molar-refractivity contribution in [1.29, 1.82) is 0 Å². The number of nitrogens with one attached hydrogen (secondary N) is 2. The van der Waals surface area contributed by atoms with Gasteiger partial charge in [0.25, 0.3) is 0 Å². The van der Waals surface area contributed by atoms with Crippen LogP contribution in [0.15, 0.2) is 29.4 Å². The minimum absolute atomic E-state index is 0.0391. The standard InChI is InChI=1S/C13H17N3O2S/c1-9-3-5-10(6-4-9)14-11(17)7-8-12-15-16-13(18-12)19-2/h3-6,13,16H,7-8H2,1-2H3,(H,14,17)/t13-/m1/s1. The Labute approximate surface area is 116 Å². The van der Waals surface area contributed by atoms with E-state index >= 15 is 0 Å². The Balaban J connectivity index is 1.75. The smallest absolute Gasteiger partial charge is 0.234 e. The maximum atomic E-state index is 11.8. The van der Waals surface area contributed by atoms with Crippen molar-refractivity contribution >= 4 is 29.3 Å². The number of benzene rings is 1. The summed E-state index contributed by atoms with van der Waals surface area (Å²) in [5, 5.41) is 6.87. The van der Waals surface area contributed by atoms with Crippen molar-refractivity contribution in [3.05, 3.63) is 29.8 Å². The van der Waals surface area contributed by atoms with Gasteiger partial charge in [-0.15, -0.1) is 5.10 Å². The maximum Gasteiger partial charge on any atom is 0.234 e. The Morgan fingerprint density at radius 3 is 2.84 bits per heavy atom. The fourth-order valence-electron chi connectivity index (χ4n) is 1.60. The third kappa shape index (κ3) is 4.17. The molecule has 0 saturated carbocycles. The second-order valence-corrected chi connectivity index (χ2v) is 5.13.